The summed E-state index contributed by atoms with van der Waals surface area (Å²) in [6.07, 6.45) is 0.661. The highest BCUT2D eigenvalue weighted by atomic mass is 35.5. The van der Waals surface area contributed by atoms with E-state index >= 15 is 0 Å². The van der Waals surface area contributed by atoms with Crippen LogP contribution in [0.25, 0.3) is 0 Å². The van der Waals surface area contributed by atoms with Crippen molar-refractivity contribution in [1.82, 2.24) is 5.32 Å². The fourth-order valence-electron chi connectivity index (χ4n) is 1.85. The molecule has 0 radical (unpaired) electrons. The minimum Gasteiger partial charge on any atom is -0.313 e. The molecule has 0 saturated carbocycles. The first kappa shape index (κ1) is 13.8. The van der Waals surface area contributed by atoms with E-state index < -0.39 is 0 Å². The lowest BCUT2D eigenvalue weighted by Crippen LogP contribution is -2.20. The van der Waals surface area contributed by atoms with Crippen molar-refractivity contribution < 1.29 is 4.39 Å². The van der Waals surface area contributed by atoms with Gasteiger partial charge < -0.3 is 5.32 Å². The summed E-state index contributed by atoms with van der Waals surface area (Å²) in [5.74, 6) is -0.287. The highest BCUT2D eigenvalue weighted by Gasteiger charge is 2.18. The summed E-state index contributed by atoms with van der Waals surface area (Å²) >= 11 is 13.5. The molecule has 0 bridgehead atoms. The summed E-state index contributed by atoms with van der Waals surface area (Å²) in [5.41, 5.74) is 0.506. The Kier molecular flexibility index (Phi) is 4.62. The zero-order chi connectivity index (χ0) is 13.1. The maximum absolute atomic E-state index is 13.8. The number of hydrogen-bond donors (Lipinski definition) is 1. The van der Waals surface area contributed by atoms with Crippen LogP contribution in [0.3, 0.4) is 0 Å². The second kappa shape index (κ2) is 6.02. The van der Waals surface area contributed by atoms with E-state index in [4.69, 9.17) is 23.2 Å². The Bertz CT molecular complexity index is 521. The summed E-state index contributed by atoms with van der Waals surface area (Å²) in [6.45, 7) is 0. The Morgan fingerprint density at radius 3 is 2.61 bits per heavy atom. The Morgan fingerprint density at radius 2 is 2.06 bits per heavy atom. The lowest BCUT2D eigenvalue weighted by molar-refractivity contribution is 0.536. The molecule has 0 fully saturated rings. The molecular formula is C13H12Cl2FNS. The predicted molar refractivity (Wildman–Crippen MR) is 76.2 cm³/mol. The van der Waals surface area contributed by atoms with Gasteiger partial charge in [-0.3, -0.25) is 0 Å². The minimum absolute atomic E-state index is 0.159. The van der Waals surface area contributed by atoms with Gasteiger partial charge in [-0.25, -0.2) is 4.39 Å². The Hall–Kier alpha value is -0.610. The van der Waals surface area contributed by atoms with E-state index in [1.165, 1.54) is 17.4 Å². The van der Waals surface area contributed by atoms with Crippen molar-refractivity contribution in [2.24, 2.45) is 0 Å². The third-order valence-electron chi connectivity index (χ3n) is 2.73. The van der Waals surface area contributed by atoms with Crippen molar-refractivity contribution >= 4 is 34.5 Å². The van der Waals surface area contributed by atoms with Gasteiger partial charge in [-0.1, -0.05) is 29.3 Å². The number of rotatable bonds is 4. The smallest absolute Gasteiger partial charge is 0.129 e. The molecule has 1 N–H and O–H groups in total. The molecule has 0 saturated heterocycles. The molecule has 96 valence electrons. The molecule has 1 aromatic heterocycles. The fraction of sp³-hybridized carbons (Fsp3) is 0.231. The summed E-state index contributed by atoms with van der Waals surface area (Å²) in [5, 5.41) is 3.54. The van der Waals surface area contributed by atoms with Crippen molar-refractivity contribution in [3.8, 4) is 0 Å². The van der Waals surface area contributed by atoms with Crippen LogP contribution in [-0.4, -0.2) is 7.05 Å². The zero-order valence-electron chi connectivity index (χ0n) is 9.71. The van der Waals surface area contributed by atoms with Crippen LogP contribution in [0.4, 0.5) is 4.39 Å². The molecule has 0 aliphatic heterocycles. The van der Waals surface area contributed by atoms with E-state index in [2.05, 4.69) is 5.32 Å². The molecule has 0 amide bonds. The van der Waals surface area contributed by atoms with Gasteiger partial charge in [0.25, 0.3) is 0 Å². The van der Waals surface area contributed by atoms with Gasteiger partial charge in [0.05, 0.1) is 4.34 Å². The third kappa shape index (κ3) is 3.04. The first-order chi connectivity index (χ1) is 8.61. The van der Waals surface area contributed by atoms with Crippen molar-refractivity contribution in [2.45, 2.75) is 12.5 Å². The topological polar surface area (TPSA) is 12.0 Å². The summed E-state index contributed by atoms with van der Waals surface area (Å²) in [7, 11) is 1.79. The molecule has 1 atom stereocenters. The quantitative estimate of drug-likeness (QED) is 0.863. The molecule has 1 aromatic carbocycles. The first-order valence-electron chi connectivity index (χ1n) is 5.47. The third-order valence-corrected chi connectivity index (χ3v) is 4.31. The predicted octanol–water partition coefficient (Wildman–Crippen LogP) is 4.70. The lowest BCUT2D eigenvalue weighted by Gasteiger charge is -2.18. The van der Waals surface area contributed by atoms with Crippen LogP contribution < -0.4 is 5.32 Å². The second-order valence-corrected chi connectivity index (χ2v) is 6.09. The SMILES string of the molecule is CNC(Cc1ccc(Cl)s1)c1c(F)cccc1Cl. The van der Waals surface area contributed by atoms with E-state index in [-0.39, 0.29) is 11.9 Å². The van der Waals surface area contributed by atoms with E-state index in [1.807, 2.05) is 12.1 Å². The van der Waals surface area contributed by atoms with Crippen LogP contribution >= 0.6 is 34.5 Å². The van der Waals surface area contributed by atoms with Crippen LogP contribution in [-0.2, 0) is 6.42 Å². The van der Waals surface area contributed by atoms with Gasteiger partial charge in [0.2, 0.25) is 0 Å². The highest BCUT2D eigenvalue weighted by Crippen LogP contribution is 2.31. The molecule has 5 heteroatoms. The van der Waals surface area contributed by atoms with Gasteiger partial charge in [0.15, 0.2) is 0 Å². The molecule has 0 aliphatic carbocycles. The zero-order valence-corrected chi connectivity index (χ0v) is 12.0. The van der Waals surface area contributed by atoms with Crippen LogP contribution in [0.2, 0.25) is 9.36 Å². The maximum Gasteiger partial charge on any atom is 0.129 e. The molecule has 1 heterocycles. The number of thiophene rings is 1. The molecule has 1 nitrogen and oxygen atoms in total. The lowest BCUT2D eigenvalue weighted by atomic mass is 10.0. The molecule has 2 rings (SSSR count). The van der Waals surface area contributed by atoms with Gasteiger partial charge in [0, 0.05) is 27.9 Å². The van der Waals surface area contributed by atoms with Crippen molar-refractivity contribution in [1.29, 1.82) is 0 Å². The number of hydrogen-bond acceptors (Lipinski definition) is 2. The highest BCUT2D eigenvalue weighted by molar-refractivity contribution is 7.16. The normalized spacial score (nSPS) is 12.7. The van der Waals surface area contributed by atoms with Crippen molar-refractivity contribution in [2.75, 3.05) is 7.05 Å². The van der Waals surface area contributed by atoms with E-state index in [1.54, 1.807) is 19.2 Å². The van der Waals surface area contributed by atoms with Gasteiger partial charge in [-0.2, -0.15) is 0 Å². The number of nitrogens with one attached hydrogen (secondary N) is 1. The molecule has 0 aliphatic rings. The number of halogens is 3. The first-order valence-corrected chi connectivity index (χ1v) is 7.04. The van der Waals surface area contributed by atoms with Gasteiger partial charge in [-0.05, 0) is 31.3 Å². The largest absolute Gasteiger partial charge is 0.313 e. The Morgan fingerprint density at radius 1 is 1.28 bits per heavy atom. The minimum atomic E-state index is -0.287. The maximum atomic E-state index is 13.8. The molecule has 18 heavy (non-hydrogen) atoms. The summed E-state index contributed by atoms with van der Waals surface area (Å²) < 4.78 is 14.6. The van der Waals surface area contributed by atoms with Crippen LogP contribution in [0.15, 0.2) is 30.3 Å². The molecule has 1 unspecified atom stereocenters. The summed E-state index contributed by atoms with van der Waals surface area (Å²) in [6, 6.07) is 8.37. The van der Waals surface area contributed by atoms with Crippen LogP contribution in [0.1, 0.15) is 16.5 Å². The Labute approximate surface area is 120 Å². The fourth-order valence-corrected chi connectivity index (χ4v) is 3.28. The van der Waals surface area contributed by atoms with Gasteiger partial charge in [0.1, 0.15) is 5.82 Å². The van der Waals surface area contributed by atoms with E-state index in [0.29, 0.717) is 17.0 Å². The van der Waals surface area contributed by atoms with Gasteiger partial charge in [-0.15, -0.1) is 11.3 Å². The Balaban J connectivity index is 2.28. The van der Waals surface area contributed by atoms with E-state index in [9.17, 15) is 4.39 Å². The van der Waals surface area contributed by atoms with E-state index in [0.717, 1.165) is 9.21 Å². The molecular weight excluding hydrogens is 292 g/mol. The number of benzene rings is 1. The van der Waals surface area contributed by atoms with Crippen LogP contribution in [0, 0.1) is 5.82 Å². The molecule has 2 aromatic rings. The monoisotopic (exact) mass is 303 g/mol. The molecule has 0 spiro atoms. The summed E-state index contributed by atoms with van der Waals surface area (Å²) in [4.78, 5) is 1.10. The van der Waals surface area contributed by atoms with Crippen molar-refractivity contribution in [3.05, 3.63) is 55.9 Å². The standard InChI is InChI=1S/C13H12Cl2FNS/c1-17-11(7-8-5-6-12(15)18-8)13-9(14)3-2-4-10(13)16/h2-6,11,17H,7H2,1H3. The van der Waals surface area contributed by atoms with Gasteiger partial charge >= 0.3 is 0 Å². The second-order valence-electron chi connectivity index (χ2n) is 3.89. The van der Waals surface area contributed by atoms with Crippen LogP contribution in [0.5, 0.6) is 0 Å². The average Bonchev–Trinajstić information content (AvgIpc) is 2.73. The number of likely N-dealkylation sites (N-methyl/N-ethyl adjacent to an activating group) is 1. The van der Waals surface area contributed by atoms with Crippen molar-refractivity contribution in [3.63, 3.8) is 0 Å². The average molecular weight is 304 g/mol.